The minimum atomic E-state index is -0.0383. The number of carbonyl (C=O) groups excluding carboxylic acids is 1. The molecule has 1 amide bonds. The number of nitrogens with one attached hydrogen (secondary N) is 1. The van der Waals surface area contributed by atoms with Crippen LogP contribution in [-0.4, -0.2) is 18.1 Å². The van der Waals surface area contributed by atoms with E-state index in [2.05, 4.69) is 11.9 Å². The van der Waals surface area contributed by atoms with E-state index in [9.17, 15) is 9.90 Å². The molecule has 0 bridgehead atoms. The molecule has 0 aliphatic rings. The van der Waals surface area contributed by atoms with E-state index in [1.165, 1.54) is 0 Å². The minimum absolute atomic E-state index is 0.0383. The van der Waals surface area contributed by atoms with Crippen molar-refractivity contribution in [3.63, 3.8) is 0 Å². The van der Waals surface area contributed by atoms with Crippen LogP contribution in [0.15, 0.2) is 36.6 Å². The summed E-state index contributed by atoms with van der Waals surface area (Å²) in [4.78, 5) is 9.83. The van der Waals surface area contributed by atoms with E-state index in [1.54, 1.807) is 24.3 Å². The molecule has 13 heavy (non-hydrogen) atoms. The van der Waals surface area contributed by atoms with Gasteiger partial charge in [-0.2, -0.15) is 0 Å². The molecule has 0 fully saturated rings. The SMILES string of the molecule is C=CC(C)/C(O)=C\C=C/CNC=O. The van der Waals surface area contributed by atoms with Gasteiger partial charge in [0, 0.05) is 12.5 Å². The van der Waals surface area contributed by atoms with E-state index in [0.717, 1.165) is 0 Å². The number of hydrogen-bond acceptors (Lipinski definition) is 2. The first-order valence-corrected chi connectivity index (χ1v) is 4.07. The molecule has 0 aromatic carbocycles. The van der Waals surface area contributed by atoms with Gasteiger partial charge >= 0.3 is 0 Å². The zero-order valence-electron chi connectivity index (χ0n) is 7.73. The molecule has 0 saturated heterocycles. The standard InChI is InChI=1S/C10H15NO2/c1-3-9(2)10(13)6-4-5-7-11-8-12/h3-6,8-9,13H,1,7H2,2H3,(H,11,12)/b5-4-,10-6+. The molecule has 0 saturated carbocycles. The van der Waals surface area contributed by atoms with Gasteiger partial charge in [0.05, 0.1) is 5.76 Å². The molecule has 3 nitrogen and oxygen atoms in total. The fraction of sp³-hybridized carbons (Fsp3) is 0.300. The summed E-state index contributed by atoms with van der Waals surface area (Å²) < 4.78 is 0. The molecule has 0 aromatic heterocycles. The lowest BCUT2D eigenvalue weighted by atomic mass is 10.1. The van der Waals surface area contributed by atoms with E-state index in [-0.39, 0.29) is 11.7 Å². The summed E-state index contributed by atoms with van der Waals surface area (Å²) in [6.07, 6.45) is 7.29. The fourth-order valence-electron chi connectivity index (χ4n) is 0.623. The van der Waals surface area contributed by atoms with Crippen molar-refractivity contribution < 1.29 is 9.90 Å². The van der Waals surface area contributed by atoms with Crippen molar-refractivity contribution in [3.8, 4) is 0 Å². The Morgan fingerprint density at radius 3 is 2.92 bits per heavy atom. The number of carbonyl (C=O) groups is 1. The zero-order valence-corrected chi connectivity index (χ0v) is 7.73. The first-order valence-electron chi connectivity index (χ1n) is 4.07. The second-order valence-corrected chi connectivity index (χ2v) is 2.57. The van der Waals surface area contributed by atoms with Crippen LogP contribution >= 0.6 is 0 Å². The van der Waals surface area contributed by atoms with Crippen LogP contribution in [0.1, 0.15) is 6.92 Å². The first kappa shape index (κ1) is 11.5. The van der Waals surface area contributed by atoms with Gasteiger partial charge in [-0.15, -0.1) is 6.58 Å². The monoisotopic (exact) mass is 181 g/mol. The molecule has 0 radical (unpaired) electrons. The lowest BCUT2D eigenvalue weighted by Crippen LogP contribution is -2.09. The van der Waals surface area contributed by atoms with E-state index in [4.69, 9.17) is 0 Å². The third-order valence-electron chi connectivity index (χ3n) is 1.54. The van der Waals surface area contributed by atoms with Crippen LogP contribution < -0.4 is 5.32 Å². The number of aliphatic hydroxyl groups excluding tert-OH is 1. The second kappa shape index (κ2) is 7.16. The van der Waals surface area contributed by atoms with Gasteiger partial charge < -0.3 is 10.4 Å². The lowest BCUT2D eigenvalue weighted by molar-refractivity contribution is -0.109. The molecule has 0 aliphatic heterocycles. The number of aliphatic hydroxyl groups is 1. The highest BCUT2D eigenvalue weighted by Gasteiger charge is 1.98. The van der Waals surface area contributed by atoms with Crippen LogP contribution in [0.2, 0.25) is 0 Å². The summed E-state index contributed by atoms with van der Waals surface area (Å²) in [7, 11) is 0. The highest BCUT2D eigenvalue weighted by molar-refractivity contribution is 5.46. The first-order chi connectivity index (χ1) is 6.22. The van der Waals surface area contributed by atoms with Crippen LogP contribution in [-0.2, 0) is 4.79 Å². The van der Waals surface area contributed by atoms with Crippen LogP contribution in [0.25, 0.3) is 0 Å². The Balaban J connectivity index is 3.87. The van der Waals surface area contributed by atoms with E-state index in [0.29, 0.717) is 13.0 Å². The predicted molar refractivity (Wildman–Crippen MR) is 53.3 cm³/mol. The van der Waals surface area contributed by atoms with Gasteiger partial charge in [-0.05, 0) is 6.08 Å². The highest BCUT2D eigenvalue weighted by atomic mass is 16.3. The van der Waals surface area contributed by atoms with Gasteiger partial charge in [-0.3, -0.25) is 4.79 Å². The smallest absolute Gasteiger partial charge is 0.207 e. The van der Waals surface area contributed by atoms with Crippen molar-refractivity contribution in [3.05, 3.63) is 36.6 Å². The molecule has 0 aromatic rings. The molecule has 0 rings (SSSR count). The van der Waals surface area contributed by atoms with Crippen molar-refractivity contribution in [2.24, 2.45) is 5.92 Å². The molecular formula is C10H15NO2. The fourth-order valence-corrected chi connectivity index (χ4v) is 0.623. The highest BCUT2D eigenvalue weighted by Crippen LogP contribution is 2.06. The van der Waals surface area contributed by atoms with Gasteiger partial charge in [-0.1, -0.05) is 25.2 Å². The lowest BCUT2D eigenvalue weighted by Gasteiger charge is -2.01. The molecule has 0 heterocycles. The van der Waals surface area contributed by atoms with Crippen LogP contribution in [0, 0.1) is 5.92 Å². The van der Waals surface area contributed by atoms with Gasteiger partial charge in [0.15, 0.2) is 0 Å². The van der Waals surface area contributed by atoms with Crippen LogP contribution in [0.4, 0.5) is 0 Å². The summed E-state index contributed by atoms with van der Waals surface area (Å²) in [5.41, 5.74) is 0. The number of amides is 1. The summed E-state index contributed by atoms with van der Waals surface area (Å²) in [5.74, 6) is 0.223. The third kappa shape index (κ3) is 5.73. The summed E-state index contributed by atoms with van der Waals surface area (Å²) in [5, 5.41) is 11.8. The quantitative estimate of drug-likeness (QED) is 0.215. The van der Waals surface area contributed by atoms with Gasteiger partial charge in [-0.25, -0.2) is 0 Å². The van der Waals surface area contributed by atoms with E-state index in [1.807, 2.05) is 6.92 Å². The van der Waals surface area contributed by atoms with E-state index < -0.39 is 0 Å². The summed E-state index contributed by atoms with van der Waals surface area (Å²) in [6.45, 7) is 5.87. The summed E-state index contributed by atoms with van der Waals surface area (Å²) in [6, 6.07) is 0. The minimum Gasteiger partial charge on any atom is -0.512 e. The Kier molecular flexibility index (Phi) is 6.32. The maximum absolute atomic E-state index is 9.83. The van der Waals surface area contributed by atoms with Crippen molar-refractivity contribution in [2.75, 3.05) is 6.54 Å². The topological polar surface area (TPSA) is 49.3 Å². The molecule has 72 valence electrons. The van der Waals surface area contributed by atoms with Crippen LogP contribution in [0.5, 0.6) is 0 Å². The number of rotatable bonds is 6. The Labute approximate surface area is 78.5 Å². The van der Waals surface area contributed by atoms with Crippen molar-refractivity contribution in [1.82, 2.24) is 5.32 Å². The van der Waals surface area contributed by atoms with Crippen molar-refractivity contribution >= 4 is 6.41 Å². The number of hydrogen-bond donors (Lipinski definition) is 2. The zero-order chi connectivity index (χ0) is 10.1. The van der Waals surface area contributed by atoms with Gasteiger partial charge in [0.25, 0.3) is 0 Å². The summed E-state index contributed by atoms with van der Waals surface area (Å²) >= 11 is 0. The average molecular weight is 181 g/mol. The molecule has 2 N–H and O–H groups in total. The Morgan fingerprint density at radius 2 is 2.38 bits per heavy atom. The Hall–Kier alpha value is -1.51. The maximum atomic E-state index is 9.83. The molecule has 0 spiro atoms. The molecule has 1 unspecified atom stereocenters. The molecule has 1 atom stereocenters. The van der Waals surface area contributed by atoms with Gasteiger partial charge in [0.2, 0.25) is 6.41 Å². The normalized spacial score (nSPS) is 14.1. The largest absolute Gasteiger partial charge is 0.512 e. The van der Waals surface area contributed by atoms with Crippen molar-refractivity contribution in [1.29, 1.82) is 0 Å². The molecule has 0 aliphatic carbocycles. The average Bonchev–Trinajstić information content (AvgIpc) is 2.16. The third-order valence-corrected chi connectivity index (χ3v) is 1.54. The Bertz CT molecular complexity index is 219. The predicted octanol–water partition coefficient (Wildman–Crippen LogP) is 1.55. The maximum Gasteiger partial charge on any atom is 0.207 e. The number of allylic oxidation sites excluding steroid dienone is 3. The molecule has 3 heteroatoms. The van der Waals surface area contributed by atoms with Crippen LogP contribution in [0.3, 0.4) is 0 Å². The second-order valence-electron chi connectivity index (χ2n) is 2.57. The Morgan fingerprint density at radius 1 is 1.69 bits per heavy atom. The molecular weight excluding hydrogens is 166 g/mol. The van der Waals surface area contributed by atoms with Gasteiger partial charge in [0.1, 0.15) is 0 Å². The van der Waals surface area contributed by atoms with Crippen molar-refractivity contribution in [2.45, 2.75) is 6.92 Å². The van der Waals surface area contributed by atoms with E-state index >= 15 is 0 Å².